The Kier molecular flexibility index (Phi) is 5.37. The van der Waals surface area contributed by atoms with Gasteiger partial charge in [0.1, 0.15) is 17.5 Å². The first-order valence-corrected chi connectivity index (χ1v) is 6.33. The van der Waals surface area contributed by atoms with Gasteiger partial charge in [-0.3, -0.25) is 0 Å². The largest absolute Gasteiger partial charge is 0.370 e. The molecule has 1 rings (SSSR count). The van der Waals surface area contributed by atoms with Crippen molar-refractivity contribution < 1.29 is 0 Å². The molecule has 5 heteroatoms. The van der Waals surface area contributed by atoms with Crippen LogP contribution in [-0.4, -0.2) is 30.1 Å². The SMILES string of the molecule is CCNc1cc(N(C)CC(C)C#N)nc(CC)n1. The summed E-state index contributed by atoms with van der Waals surface area (Å²) in [7, 11) is 1.95. The summed E-state index contributed by atoms with van der Waals surface area (Å²) >= 11 is 0. The van der Waals surface area contributed by atoms with Gasteiger partial charge in [0.2, 0.25) is 0 Å². The van der Waals surface area contributed by atoms with E-state index in [0.29, 0.717) is 6.54 Å². The van der Waals surface area contributed by atoms with Gasteiger partial charge in [0.25, 0.3) is 0 Å². The van der Waals surface area contributed by atoms with E-state index in [4.69, 9.17) is 5.26 Å². The normalized spacial score (nSPS) is 11.7. The lowest BCUT2D eigenvalue weighted by molar-refractivity contribution is 0.706. The molecule has 0 bridgehead atoms. The lowest BCUT2D eigenvalue weighted by atomic mass is 10.2. The third-order valence-electron chi connectivity index (χ3n) is 2.59. The van der Waals surface area contributed by atoms with Gasteiger partial charge in [-0.2, -0.15) is 5.26 Å². The minimum Gasteiger partial charge on any atom is -0.370 e. The topological polar surface area (TPSA) is 64.8 Å². The number of aromatic nitrogens is 2. The van der Waals surface area contributed by atoms with Gasteiger partial charge in [0.05, 0.1) is 12.0 Å². The quantitative estimate of drug-likeness (QED) is 0.833. The number of hydrogen-bond acceptors (Lipinski definition) is 5. The van der Waals surface area contributed by atoms with Crippen molar-refractivity contribution in [2.75, 3.05) is 30.4 Å². The molecule has 98 valence electrons. The highest BCUT2D eigenvalue weighted by molar-refractivity contribution is 5.49. The number of hydrogen-bond donors (Lipinski definition) is 1. The number of nitrogens with zero attached hydrogens (tertiary/aromatic N) is 4. The second-order valence-electron chi connectivity index (χ2n) is 4.32. The van der Waals surface area contributed by atoms with E-state index >= 15 is 0 Å². The second-order valence-corrected chi connectivity index (χ2v) is 4.32. The fourth-order valence-electron chi connectivity index (χ4n) is 1.65. The number of aryl methyl sites for hydroxylation is 1. The molecule has 1 N–H and O–H groups in total. The second kappa shape index (κ2) is 6.80. The maximum atomic E-state index is 8.85. The molecule has 1 heterocycles. The monoisotopic (exact) mass is 247 g/mol. The Labute approximate surface area is 109 Å². The summed E-state index contributed by atoms with van der Waals surface area (Å²) in [5, 5.41) is 12.1. The Balaban J connectivity index is 2.93. The standard InChI is InChI=1S/C13H21N5/c1-5-11-16-12(15-6-2)7-13(17-11)18(4)9-10(3)8-14/h7,10H,5-6,9H2,1-4H3,(H,15,16,17). The zero-order valence-electron chi connectivity index (χ0n) is 11.6. The van der Waals surface area contributed by atoms with E-state index in [9.17, 15) is 0 Å². The van der Waals surface area contributed by atoms with Crippen molar-refractivity contribution >= 4 is 11.6 Å². The summed E-state index contributed by atoms with van der Waals surface area (Å²) < 4.78 is 0. The van der Waals surface area contributed by atoms with Gasteiger partial charge in [-0.15, -0.1) is 0 Å². The summed E-state index contributed by atoms with van der Waals surface area (Å²) in [5.74, 6) is 2.51. The fraction of sp³-hybridized carbons (Fsp3) is 0.615. The lowest BCUT2D eigenvalue weighted by Crippen LogP contribution is -2.25. The van der Waals surface area contributed by atoms with Crippen LogP contribution in [0.1, 0.15) is 26.6 Å². The van der Waals surface area contributed by atoms with Crippen LogP contribution in [0, 0.1) is 17.2 Å². The first kappa shape index (κ1) is 14.2. The zero-order chi connectivity index (χ0) is 13.5. The van der Waals surface area contributed by atoms with Crippen molar-refractivity contribution in [3.05, 3.63) is 11.9 Å². The highest BCUT2D eigenvalue weighted by Crippen LogP contribution is 2.16. The maximum Gasteiger partial charge on any atom is 0.134 e. The molecule has 1 aromatic rings. The fourth-order valence-corrected chi connectivity index (χ4v) is 1.65. The molecule has 1 aromatic heterocycles. The molecule has 0 aliphatic rings. The molecule has 18 heavy (non-hydrogen) atoms. The highest BCUT2D eigenvalue weighted by atomic mass is 15.2. The molecule has 0 spiro atoms. The van der Waals surface area contributed by atoms with Gasteiger partial charge in [0.15, 0.2) is 0 Å². The lowest BCUT2D eigenvalue weighted by Gasteiger charge is -2.20. The van der Waals surface area contributed by atoms with Crippen LogP contribution < -0.4 is 10.2 Å². The Hall–Kier alpha value is -1.83. The number of nitrogens with one attached hydrogen (secondary N) is 1. The summed E-state index contributed by atoms with van der Waals surface area (Å²) in [4.78, 5) is 10.9. The third kappa shape index (κ3) is 3.88. The Morgan fingerprint density at radius 3 is 2.72 bits per heavy atom. The molecule has 0 aliphatic carbocycles. The summed E-state index contributed by atoms with van der Waals surface area (Å²) in [6, 6.07) is 4.16. The summed E-state index contributed by atoms with van der Waals surface area (Å²) in [6.45, 7) is 7.48. The van der Waals surface area contributed by atoms with Crippen LogP contribution in [0.3, 0.4) is 0 Å². The minimum atomic E-state index is -0.0161. The molecular formula is C13H21N5. The van der Waals surface area contributed by atoms with Crippen molar-refractivity contribution in [2.45, 2.75) is 27.2 Å². The van der Waals surface area contributed by atoms with Crippen LogP contribution in [0.15, 0.2) is 6.07 Å². The van der Waals surface area contributed by atoms with Crippen LogP contribution >= 0.6 is 0 Å². The van der Waals surface area contributed by atoms with Crippen molar-refractivity contribution in [3.63, 3.8) is 0 Å². The zero-order valence-corrected chi connectivity index (χ0v) is 11.6. The van der Waals surface area contributed by atoms with Gasteiger partial charge >= 0.3 is 0 Å². The molecule has 0 amide bonds. The van der Waals surface area contributed by atoms with E-state index in [-0.39, 0.29) is 5.92 Å². The van der Waals surface area contributed by atoms with E-state index in [1.54, 1.807) is 0 Å². The Morgan fingerprint density at radius 2 is 2.17 bits per heavy atom. The molecule has 0 aromatic carbocycles. The Bertz CT molecular complexity index is 424. The number of anilines is 2. The van der Waals surface area contributed by atoms with Crippen molar-refractivity contribution in [2.24, 2.45) is 5.92 Å². The smallest absolute Gasteiger partial charge is 0.134 e. The molecule has 1 unspecified atom stereocenters. The summed E-state index contributed by atoms with van der Waals surface area (Å²) in [6.07, 6.45) is 0.799. The van der Waals surface area contributed by atoms with Gasteiger partial charge in [-0.1, -0.05) is 6.92 Å². The van der Waals surface area contributed by atoms with Gasteiger partial charge < -0.3 is 10.2 Å². The molecule has 0 saturated carbocycles. The van der Waals surface area contributed by atoms with Crippen molar-refractivity contribution in [1.82, 2.24) is 9.97 Å². The number of nitriles is 1. The predicted molar refractivity (Wildman–Crippen MR) is 73.6 cm³/mol. The third-order valence-corrected chi connectivity index (χ3v) is 2.59. The van der Waals surface area contributed by atoms with Gasteiger partial charge in [0, 0.05) is 32.6 Å². The van der Waals surface area contributed by atoms with Crippen molar-refractivity contribution in [1.29, 1.82) is 5.26 Å². The van der Waals surface area contributed by atoms with E-state index < -0.39 is 0 Å². The Morgan fingerprint density at radius 1 is 1.44 bits per heavy atom. The van der Waals surface area contributed by atoms with Crippen molar-refractivity contribution in [3.8, 4) is 6.07 Å². The average Bonchev–Trinajstić information content (AvgIpc) is 2.38. The van der Waals surface area contributed by atoms with Crippen LogP contribution in [0.4, 0.5) is 11.6 Å². The predicted octanol–water partition coefficient (Wildman–Crippen LogP) is 2.07. The van der Waals surface area contributed by atoms with Crippen LogP contribution in [0.2, 0.25) is 0 Å². The van der Waals surface area contributed by atoms with Crippen LogP contribution in [-0.2, 0) is 6.42 Å². The van der Waals surface area contributed by atoms with E-state index in [0.717, 1.165) is 30.4 Å². The van der Waals surface area contributed by atoms with E-state index in [1.807, 2.05) is 38.8 Å². The molecular weight excluding hydrogens is 226 g/mol. The number of rotatable bonds is 6. The molecule has 0 fully saturated rings. The van der Waals surface area contributed by atoms with E-state index in [2.05, 4.69) is 21.4 Å². The molecule has 1 atom stereocenters. The first-order chi connectivity index (χ1) is 8.60. The molecule has 0 radical (unpaired) electrons. The molecule has 0 aliphatic heterocycles. The van der Waals surface area contributed by atoms with Gasteiger partial charge in [-0.05, 0) is 13.8 Å². The van der Waals surface area contributed by atoms with Crippen LogP contribution in [0.5, 0.6) is 0 Å². The summed E-state index contributed by atoms with van der Waals surface area (Å²) in [5.41, 5.74) is 0. The van der Waals surface area contributed by atoms with Crippen LogP contribution in [0.25, 0.3) is 0 Å². The minimum absolute atomic E-state index is 0.0161. The maximum absolute atomic E-state index is 8.85. The molecule has 5 nitrogen and oxygen atoms in total. The molecule has 0 saturated heterocycles. The first-order valence-electron chi connectivity index (χ1n) is 6.33. The highest BCUT2D eigenvalue weighted by Gasteiger charge is 2.10. The van der Waals surface area contributed by atoms with Gasteiger partial charge in [-0.25, -0.2) is 9.97 Å². The average molecular weight is 247 g/mol. The van der Waals surface area contributed by atoms with E-state index in [1.165, 1.54) is 0 Å².